The van der Waals surface area contributed by atoms with Gasteiger partial charge in [-0.2, -0.15) is 0 Å². The van der Waals surface area contributed by atoms with E-state index in [0.717, 1.165) is 16.9 Å². The van der Waals surface area contributed by atoms with Crippen LogP contribution in [0.5, 0.6) is 0 Å². The molecule has 2 atom stereocenters. The Balaban J connectivity index is 1.44. The minimum atomic E-state index is -0.783. The lowest BCUT2D eigenvalue weighted by molar-refractivity contribution is -0.122. The maximum atomic E-state index is 12.8. The van der Waals surface area contributed by atoms with Crippen molar-refractivity contribution < 1.29 is 14.4 Å². The number of hydrogen-bond donors (Lipinski definition) is 3. The Morgan fingerprint density at radius 2 is 1.84 bits per heavy atom. The molecule has 0 bridgehead atoms. The van der Waals surface area contributed by atoms with Gasteiger partial charge in [-0.25, -0.2) is 4.98 Å². The van der Waals surface area contributed by atoms with Crippen LogP contribution in [-0.4, -0.2) is 33.3 Å². The molecule has 1 aliphatic rings. The van der Waals surface area contributed by atoms with Crippen molar-refractivity contribution in [2.24, 2.45) is 13.0 Å². The maximum Gasteiger partial charge on any atom is 0.254 e. The van der Waals surface area contributed by atoms with Crippen LogP contribution >= 0.6 is 0 Å². The fourth-order valence-electron chi connectivity index (χ4n) is 4.01. The molecule has 0 saturated heterocycles. The number of fused-ring (bicyclic) bond motifs is 2. The Bertz CT molecular complexity index is 1180. The highest BCUT2D eigenvalue weighted by atomic mass is 16.2. The summed E-state index contributed by atoms with van der Waals surface area (Å²) in [7, 11) is 1.94. The molecule has 1 aromatic heterocycles. The minimum Gasteiger partial charge on any atom is -0.346 e. The van der Waals surface area contributed by atoms with Crippen molar-refractivity contribution in [2.45, 2.75) is 38.8 Å². The number of carbonyl (C=O) groups excluding carboxylic acids is 3. The predicted molar refractivity (Wildman–Crippen MR) is 122 cm³/mol. The summed E-state index contributed by atoms with van der Waals surface area (Å²) in [5, 5.41) is 8.56. The summed E-state index contributed by atoms with van der Waals surface area (Å²) >= 11 is 0. The van der Waals surface area contributed by atoms with E-state index in [1.807, 2.05) is 49.7 Å². The Morgan fingerprint density at radius 3 is 2.59 bits per heavy atom. The number of para-hydroxylation sites is 3. The quantitative estimate of drug-likeness (QED) is 0.556. The van der Waals surface area contributed by atoms with Gasteiger partial charge in [0.25, 0.3) is 5.91 Å². The summed E-state index contributed by atoms with van der Waals surface area (Å²) in [5.41, 5.74) is 2.76. The van der Waals surface area contributed by atoms with Crippen LogP contribution in [0.25, 0.3) is 11.0 Å². The number of rotatable bonds is 6. The Kier molecular flexibility index (Phi) is 5.94. The molecule has 0 spiro atoms. The maximum absolute atomic E-state index is 12.8. The standard InChI is InChI=1S/C24H27N5O3/c1-14(2)21(22-25-17-10-6-7-11-19(17)29(22)3)28-20(30)13-12-18-24(32)26-16-9-5-4-8-15(16)23(31)27-18/h4-11,14,18,21H,12-13H2,1-3H3,(H,26,32)(H,27,31)(H,28,30)/t18-,21+/m0/s1. The van der Waals surface area contributed by atoms with Crippen molar-refractivity contribution in [1.82, 2.24) is 20.2 Å². The first kappa shape index (κ1) is 21.5. The van der Waals surface area contributed by atoms with Crippen molar-refractivity contribution in [1.29, 1.82) is 0 Å². The van der Waals surface area contributed by atoms with Crippen LogP contribution in [0.15, 0.2) is 48.5 Å². The molecule has 32 heavy (non-hydrogen) atoms. The van der Waals surface area contributed by atoms with Crippen molar-refractivity contribution in [3.8, 4) is 0 Å². The number of aryl methyl sites for hydroxylation is 1. The van der Waals surface area contributed by atoms with Gasteiger partial charge in [-0.3, -0.25) is 14.4 Å². The van der Waals surface area contributed by atoms with E-state index >= 15 is 0 Å². The third-order valence-electron chi connectivity index (χ3n) is 5.79. The summed E-state index contributed by atoms with van der Waals surface area (Å²) in [4.78, 5) is 42.5. The molecule has 0 aliphatic carbocycles. The highest BCUT2D eigenvalue weighted by molar-refractivity contribution is 6.09. The van der Waals surface area contributed by atoms with Gasteiger partial charge in [0.05, 0.1) is 28.3 Å². The molecular weight excluding hydrogens is 406 g/mol. The van der Waals surface area contributed by atoms with E-state index in [0.29, 0.717) is 11.3 Å². The van der Waals surface area contributed by atoms with Gasteiger partial charge >= 0.3 is 0 Å². The molecule has 8 nitrogen and oxygen atoms in total. The van der Waals surface area contributed by atoms with Crippen LogP contribution in [0.4, 0.5) is 5.69 Å². The van der Waals surface area contributed by atoms with Gasteiger partial charge < -0.3 is 20.5 Å². The number of benzene rings is 2. The highest BCUT2D eigenvalue weighted by Gasteiger charge is 2.29. The largest absolute Gasteiger partial charge is 0.346 e. The van der Waals surface area contributed by atoms with Gasteiger partial charge in [0.1, 0.15) is 11.9 Å². The normalized spacial score (nSPS) is 16.8. The van der Waals surface area contributed by atoms with Gasteiger partial charge in [0, 0.05) is 13.5 Å². The lowest BCUT2D eigenvalue weighted by atomic mass is 10.0. The number of carbonyl (C=O) groups is 3. The molecule has 0 saturated carbocycles. The van der Waals surface area contributed by atoms with E-state index in [-0.39, 0.29) is 42.5 Å². The van der Waals surface area contributed by atoms with Crippen LogP contribution in [0.1, 0.15) is 48.9 Å². The van der Waals surface area contributed by atoms with Crippen molar-refractivity contribution in [3.63, 3.8) is 0 Å². The monoisotopic (exact) mass is 433 g/mol. The number of hydrogen-bond acceptors (Lipinski definition) is 4. The number of nitrogens with zero attached hydrogens (tertiary/aromatic N) is 2. The highest BCUT2D eigenvalue weighted by Crippen LogP contribution is 2.25. The molecule has 2 aromatic carbocycles. The molecule has 2 heterocycles. The molecule has 1 aliphatic heterocycles. The molecule has 0 radical (unpaired) electrons. The van der Waals surface area contributed by atoms with Crippen LogP contribution in [-0.2, 0) is 16.6 Å². The summed E-state index contributed by atoms with van der Waals surface area (Å²) in [6, 6.07) is 13.6. The Morgan fingerprint density at radius 1 is 1.12 bits per heavy atom. The first-order chi connectivity index (χ1) is 15.3. The third kappa shape index (κ3) is 4.21. The molecule has 0 unspecified atom stereocenters. The number of aromatic nitrogens is 2. The molecule has 0 fully saturated rings. The summed E-state index contributed by atoms with van der Waals surface area (Å²) in [5.74, 6) is 0.0471. The lowest BCUT2D eigenvalue weighted by Gasteiger charge is -2.23. The number of nitrogens with one attached hydrogen (secondary N) is 3. The van der Waals surface area contributed by atoms with Gasteiger partial charge in [0.2, 0.25) is 11.8 Å². The summed E-state index contributed by atoms with van der Waals surface area (Å²) in [6.45, 7) is 4.06. The fourth-order valence-corrected chi connectivity index (χ4v) is 4.01. The molecule has 8 heteroatoms. The smallest absolute Gasteiger partial charge is 0.254 e. The van der Waals surface area contributed by atoms with E-state index in [2.05, 4.69) is 16.0 Å². The molecule has 166 valence electrons. The van der Waals surface area contributed by atoms with Crippen molar-refractivity contribution in [2.75, 3.05) is 5.32 Å². The number of anilines is 1. The lowest BCUT2D eigenvalue weighted by Crippen LogP contribution is -2.42. The second-order valence-corrected chi connectivity index (χ2v) is 8.41. The van der Waals surface area contributed by atoms with Crippen LogP contribution < -0.4 is 16.0 Å². The van der Waals surface area contributed by atoms with E-state index < -0.39 is 6.04 Å². The van der Waals surface area contributed by atoms with E-state index in [1.54, 1.807) is 24.3 Å². The first-order valence-corrected chi connectivity index (χ1v) is 10.8. The Labute approximate surface area is 186 Å². The SMILES string of the molecule is CC(C)[C@@H](NC(=O)CC[C@@H]1NC(=O)c2ccccc2NC1=O)c1nc2ccccc2n1C. The van der Waals surface area contributed by atoms with Crippen molar-refractivity contribution >= 4 is 34.4 Å². The summed E-state index contributed by atoms with van der Waals surface area (Å²) < 4.78 is 2.00. The third-order valence-corrected chi connectivity index (χ3v) is 5.79. The predicted octanol–water partition coefficient (Wildman–Crippen LogP) is 2.92. The van der Waals surface area contributed by atoms with E-state index in [4.69, 9.17) is 4.98 Å². The van der Waals surface area contributed by atoms with Gasteiger partial charge in [-0.15, -0.1) is 0 Å². The van der Waals surface area contributed by atoms with Crippen molar-refractivity contribution in [3.05, 3.63) is 59.9 Å². The second-order valence-electron chi connectivity index (χ2n) is 8.41. The van der Waals surface area contributed by atoms with Gasteiger partial charge in [-0.05, 0) is 36.6 Å². The van der Waals surface area contributed by atoms with Crippen LogP contribution in [0, 0.1) is 5.92 Å². The first-order valence-electron chi connectivity index (χ1n) is 10.8. The Hall–Kier alpha value is -3.68. The zero-order valence-electron chi connectivity index (χ0n) is 18.4. The van der Waals surface area contributed by atoms with E-state index in [9.17, 15) is 14.4 Å². The molecule has 4 rings (SSSR count). The average molecular weight is 434 g/mol. The molecule has 3 amide bonds. The van der Waals surface area contributed by atoms with Gasteiger partial charge in [-0.1, -0.05) is 38.1 Å². The molecule has 3 N–H and O–H groups in total. The topological polar surface area (TPSA) is 105 Å². The fraction of sp³-hybridized carbons (Fsp3) is 0.333. The van der Waals surface area contributed by atoms with E-state index in [1.165, 1.54) is 0 Å². The second kappa shape index (κ2) is 8.82. The number of imidazole rings is 1. The molecular formula is C24H27N5O3. The minimum absolute atomic E-state index is 0.0991. The number of amides is 3. The van der Waals surface area contributed by atoms with Gasteiger partial charge in [0.15, 0.2) is 0 Å². The average Bonchev–Trinajstić information content (AvgIpc) is 3.04. The summed E-state index contributed by atoms with van der Waals surface area (Å²) in [6.07, 6.45) is 0.298. The van der Waals surface area contributed by atoms with Crippen LogP contribution in [0.3, 0.4) is 0 Å². The molecule has 3 aromatic rings. The zero-order chi connectivity index (χ0) is 22.8. The zero-order valence-corrected chi connectivity index (χ0v) is 18.4. The van der Waals surface area contributed by atoms with Crippen LogP contribution in [0.2, 0.25) is 0 Å².